The van der Waals surface area contributed by atoms with Crippen molar-refractivity contribution < 1.29 is 22.7 Å². The van der Waals surface area contributed by atoms with Crippen LogP contribution in [0.2, 0.25) is 0 Å². The van der Waals surface area contributed by atoms with Gasteiger partial charge in [0.2, 0.25) is 5.91 Å². The summed E-state index contributed by atoms with van der Waals surface area (Å²) in [7, 11) is -3.28. The van der Waals surface area contributed by atoms with Crippen molar-refractivity contribution in [3.63, 3.8) is 0 Å². The standard InChI is InChI=1S/C25H26N4O5S/c1-3-23(30)28-14-4-5-18(15-28)29-16-22(25(26)31)24(27-29)17-6-8-19(9-7-17)34-20-10-12-21(13-11-20)35(2,32)33/h3,6-13,16,18H,1,4-5,14-15H2,2H3,(H2,26,31). The van der Waals surface area contributed by atoms with Crippen molar-refractivity contribution in [2.24, 2.45) is 5.73 Å². The Kier molecular flexibility index (Phi) is 6.74. The molecule has 2 amide bonds. The van der Waals surface area contributed by atoms with Gasteiger partial charge in [0.25, 0.3) is 5.91 Å². The minimum absolute atomic E-state index is 0.0722. The van der Waals surface area contributed by atoms with E-state index in [9.17, 15) is 18.0 Å². The summed E-state index contributed by atoms with van der Waals surface area (Å²) < 4.78 is 30.7. The summed E-state index contributed by atoms with van der Waals surface area (Å²) in [4.78, 5) is 26.1. The maximum Gasteiger partial charge on any atom is 0.252 e. The molecule has 2 heterocycles. The maximum absolute atomic E-state index is 12.1. The van der Waals surface area contributed by atoms with Crippen LogP contribution in [-0.4, -0.2) is 54.3 Å². The Balaban J connectivity index is 1.54. The van der Waals surface area contributed by atoms with Gasteiger partial charge in [-0.2, -0.15) is 5.10 Å². The molecule has 0 saturated carbocycles. The van der Waals surface area contributed by atoms with Gasteiger partial charge in [0.15, 0.2) is 9.84 Å². The second kappa shape index (κ2) is 9.75. The fourth-order valence-electron chi connectivity index (χ4n) is 4.04. The smallest absolute Gasteiger partial charge is 0.252 e. The van der Waals surface area contributed by atoms with Crippen molar-refractivity contribution >= 4 is 21.7 Å². The lowest BCUT2D eigenvalue weighted by Crippen LogP contribution is -2.40. The Hall–Kier alpha value is -3.92. The molecule has 2 aromatic carbocycles. The summed E-state index contributed by atoms with van der Waals surface area (Å²) in [6, 6.07) is 13.1. The zero-order valence-electron chi connectivity index (χ0n) is 19.3. The number of primary amides is 1. The number of rotatable bonds is 7. The number of piperidine rings is 1. The molecule has 0 spiro atoms. The molecule has 1 atom stereocenters. The van der Waals surface area contributed by atoms with E-state index in [-0.39, 0.29) is 16.8 Å². The number of ether oxygens (including phenoxy) is 1. The number of aromatic nitrogens is 2. The van der Waals surface area contributed by atoms with Crippen molar-refractivity contribution in [3.8, 4) is 22.8 Å². The number of likely N-dealkylation sites (tertiary alicyclic amines) is 1. The number of carbonyl (C=O) groups excluding carboxylic acids is 2. The number of carbonyl (C=O) groups is 2. The lowest BCUT2D eigenvalue weighted by molar-refractivity contribution is -0.127. The second-order valence-electron chi connectivity index (χ2n) is 8.39. The van der Waals surface area contributed by atoms with Crippen LogP contribution < -0.4 is 10.5 Å². The van der Waals surface area contributed by atoms with E-state index in [2.05, 4.69) is 11.7 Å². The molecule has 2 N–H and O–H groups in total. The van der Waals surface area contributed by atoms with E-state index in [1.54, 1.807) is 52.2 Å². The zero-order chi connectivity index (χ0) is 25.2. The van der Waals surface area contributed by atoms with Crippen LogP contribution >= 0.6 is 0 Å². The predicted molar refractivity (Wildman–Crippen MR) is 131 cm³/mol. The second-order valence-corrected chi connectivity index (χ2v) is 10.4. The minimum atomic E-state index is -3.28. The molecule has 1 unspecified atom stereocenters. The van der Waals surface area contributed by atoms with E-state index < -0.39 is 15.7 Å². The Bertz CT molecular complexity index is 1360. The molecule has 1 fully saturated rings. The normalized spacial score (nSPS) is 16.0. The number of nitrogens with two attached hydrogens (primary N) is 1. The first-order valence-electron chi connectivity index (χ1n) is 11.0. The van der Waals surface area contributed by atoms with Gasteiger partial charge in [-0.25, -0.2) is 8.42 Å². The highest BCUT2D eigenvalue weighted by atomic mass is 32.2. The molecule has 1 aromatic heterocycles. The number of hydrogen-bond donors (Lipinski definition) is 1. The summed E-state index contributed by atoms with van der Waals surface area (Å²) in [6.45, 7) is 4.70. The van der Waals surface area contributed by atoms with Crippen LogP contribution in [0.25, 0.3) is 11.3 Å². The van der Waals surface area contributed by atoms with Crippen LogP contribution in [0.15, 0.2) is 72.3 Å². The largest absolute Gasteiger partial charge is 0.457 e. The van der Waals surface area contributed by atoms with Gasteiger partial charge in [0.1, 0.15) is 17.2 Å². The third-order valence-electron chi connectivity index (χ3n) is 5.87. The van der Waals surface area contributed by atoms with Gasteiger partial charge in [-0.15, -0.1) is 0 Å². The molecule has 1 saturated heterocycles. The molecule has 0 aliphatic carbocycles. The molecular formula is C25H26N4O5S. The first-order chi connectivity index (χ1) is 16.7. The molecule has 35 heavy (non-hydrogen) atoms. The quantitative estimate of drug-likeness (QED) is 0.503. The third kappa shape index (κ3) is 5.43. The van der Waals surface area contributed by atoms with E-state index in [0.717, 1.165) is 19.1 Å². The lowest BCUT2D eigenvalue weighted by Gasteiger charge is -2.32. The number of amides is 2. The molecule has 1 aliphatic heterocycles. The van der Waals surface area contributed by atoms with Crippen LogP contribution in [0.3, 0.4) is 0 Å². The van der Waals surface area contributed by atoms with Gasteiger partial charge >= 0.3 is 0 Å². The topological polar surface area (TPSA) is 125 Å². The van der Waals surface area contributed by atoms with E-state index in [0.29, 0.717) is 41.4 Å². The van der Waals surface area contributed by atoms with Crippen LogP contribution in [0.4, 0.5) is 0 Å². The van der Waals surface area contributed by atoms with Crippen LogP contribution in [-0.2, 0) is 14.6 Å². The lowest BCUT2D eigenvalue weighted by atomic mass is 10.1. The molecule has 1 aliphatic rings. The zero-order valence-corrected chi connectivity index (χ0v) is 20.1. The number of sulfone groups is 1. The van der Waals surface area contributed by atoms with Crippen molar-refractivity contribution in [1.29, 1.82) is 0 Å². The Morgan fingerprint density at radius 1 is 1.11 bits per heavy atom. The summed E-state index contributed by atoms with van der Waals surface area (Å²) in [5.41, 5.74) is 7.06. The number of nitrogens with zero attached hydrogens (tertiary/aromatic N) is 3. The van der Waals surface area contributed by atoms with Crippen LogP contribution in [0.5, 0.6) is 11.5 Å². The Labute approximate surface area is 203 Å². The number of benzene rings is 2. The van der Waals surface area contributed by atoms with Gasteiger partial charge in [0, 0.05) is 31.1 Å². The third-order valence-corrected chi connectivity index (χ3v) is 7.00. The summed E-state index contributed by atoms with van der Waals surface area (Å²) in [5, 5.41) is 4.65. The van der Waals surface area contributed by atoms with E-state index in [4.69, 9.17) is 10.5 Å². The molecule has 10 heteroatoms. The van der Waals surface area contributed by atoms with Gasteiger partial charge in [-0.1, -0.05) is 6.58 Å². The van der Waals surface area contributed by atoms with Crippen LogP contribution in [0, 0.1) is 0 Å². The first kappa shape index (κ1) is 24.2. The van der Waals surface area contributed by atoms with Crippen molar-refractivity contribution in [2.75, 3.05) is 19.3 Å². The molecule has 182 valence electrons. The minimum Gasteiger partial charge on any atom is -0.457 e. The predicted octanol–water partition coefficient (Wildman–Crippen LogP) is 3.19. The monoisotopic (exact) mass is 494 g/mol. The summed E-state index contributed by atoms with van der Waals surface area (Å²) in [6.07, 6.45) is 5.73. The SMILES string of the molecule is C=CC(=O)N1CCCC(n2cc(C(N)=O)c(-c3ccc(Oc4ccc(S(C)(=O)=O)cc4)cc3)n2)C1. The van der Waals surface area contributed by atoms with Gasteiger partial charge in [-0.3, -0.25) is 14.3 Å². The average molecular weight is 495 g/mol. The summed E-state index contributed by atoms with van der Waals surface area (Å²) in [5.74, 6) is 0.307. The highest BCUT2D eigenvalue weighted by Crippen LogP contribution is 2.30. The van der Waals surface area contributed by atoms with Gasteiger partial charge < -0.3 is 15.4 Å². The first-order valence-corrected chi connectivity index (χ1v) is 12.9. The van der Waals surface area contributed by atoms with Crippen molar-refractivity contribution in [2.45, 2.75) is 23.8 Å². The average Bonchev–Trinajstić information content (AvgIpc) is 3.30. The summed E-state index contributed by atoms with van der Waals surface area (Å²) >= 11 is 0. The Morgan fingerprint density at radius 2 is 1.74 bits per heavy atom. The van der Waals surface area contributed by atoms with Crippen LogP contribution in [0.1, 0.15) is 29.2 Å². The highest BCUT2D eigenvalue weighted by molar-refractivity contribution is 7.90. The fourth-order valence-corrected chi connectivity index (χ4v) is 4.67. The van der Waals surface area contributed by atoms with E-state index in [1.807, 2.05) is 0 Å². The maximum atomic E-state index is 12.1. The molecule has 3 aromatic rings. The Morgan fingerprint density at radius 3 is 2.31 bits per heavy atom. The molecular weight excluding hydrogens is 468 g/mol. The molecule has 0 radical (unpaired) electrons. The van der Waals surface area contributed by atoms with Crippen molar-refractivity contribution in [1.82, 2.24) is 14.7 Å². The fraction of sp³-hybridized carbons (Fsp3) is 0.240. The van der Waals surface area contributed by atoms with E-state index in [1.165, 1.54) is 18.2 Å². The molecule has 0 bridgehead atoms. The molecule has 4 rings (SSSR count). The molecule has 9 nitrogen and oxygen atoms in total. The van der Waals surface area contributed by atoms with Gasteiger partial charge in [-0.05, 0) is 67.4 Å². The van der Waals surface area contributed by atoms with Gasteiger partial charge in [0.05, 0.1) is 16.5 Å². The number of hydrogen-bond acceptors (Lipinski definition) is 6. The highest BCUT2D eigenvalue weighted by Gasteiger charge is 2.26. The van der Waals surface area contributed by atoms with Crippen molar-refractivity contribution in [3.05, 3.63) is 72.9 Å². The van der Waals surface area contributed by atoms with E-state index >= 15 is 0 Å².